The molecule has 0 saturated carbocycles. The largest absolute Gasteiger partial charge is 0.344 e. The summed E-state index contributed by atoms with van der Waals surface area (Å²) in [5, 5.41) is 7.53. The lowest BCUT2D eigenvalue weighted by Crippen LogP contribution is -2.49. The molecule has 3 N–H and O–H groups in total. The second-order valence-electron chi connectivity index (χ2n) is 5.42. The zero-order chi connectivity index (χ0) is 15.5. The van der Waals surface area contributed by atoms with Gasteiger partial charge in [-0.1, -0.05) is 0 Å². The molecule has 0 radical (unpaired) electrons. The van der Waals surface area contributed by atoms with Crippen molar-refractivity contribution in [2.45, 2.75) is 25.3 Å². The summed E-state index contributed by atoms with van der Waals surface area (Å²) in [6.45, 7) is 1.41. The van der Waals surface area contributed by atoms with E-state index < -0.39 is 33.6 Å². The summed E-state index contributed by atoms with van der Waals surface area (Å²) in [7, 11) is -3.13. The lowest BCUT2D eigenvalue weighted by Gasteiger charge is -2.21. The minimum absolute atomic E-state index is 0.00751. The number of nitrogens with one attached hydrogen (secondary N) is 3. The van der Waals surface area contributed by atoms with Gasteiger partial charge in [0.1, 0.15) is 0 Å². The number of piperidine rings is 1. The minimum Gasteiger partial charge on any atom is -0.344 e. The molecule has 0 aliphatic carbocycles. The Kier molecular flexibility index (Phi) is 4.94. The van der Waals surface area contributed by atoms with Crippen LogP contribution in [0.4, 0.5) is 0 Å². The van der Waals surface area contributed by atoms with E-state index in [1.807, 2.05) is 0 Å². The molecule has 2 fully saturated rings. The summed E-state index contributed by atoms with van der Waals surface area (Å²) in [6, 6.07) is -0.553. The number of carbonyl (C=O) groups excluding carboxylic acids is 3. The van der Waals surface area contributed by atoms with Crippen molar-refractivity contribution in [3.63, 3.8) is 0 Å². The monoisotopic (exact) mass is 317 g/mol. The third-order valence-corrected chi connectivity index (χ3v) is 5.49. The van der Waals surface area contributed by atoms with Crippen molar-refractivity contribution in [3.8, 4) is 0 Å². The molecule has 2 aliphatic rings. The quantitative estimate of drug-likeness (QED) is 0.503. The predicted molar refractivity (Wildman–Crippen MR) is 73.9 cm³/mol. The van der Waals surface area contributed by atoms with Crippen molar-refractivity contribution in [3.05, 3.63) is 0 Å². The van der Waals surface area contributed by atoms with Gasteiger partial charge in [-0.2, -0.15) is 0 Å². The highest BCUT2D eigenvalue weighted by atomic mass is 32.2. The van der Waals surface area contributed by atoms with E-state index in [1.54, 1.807) is 0 Å². The fourth-order valence-corrected chi connectivity index (χ4v) is 4.19. The number of hydrogen-bond donors (Lipinski definition) is 3. The Hall–Kier alpha value is -1.48. The third-order valence-electron chi connectivity index (χ3n) is 3.72. The highest BCUT2D eigenvalue weighted by molar-refractivity contribution is 7.91. The van der Waals surface area contributed by atoms with Crippen molar-refractivity contribution in [1.82, 2.24) is 16.0 Å². The molecule has 0 aromatic heterocycles. The smallest absolute Gasteiger partial charge is 0.315 e. The molecule has 2 heterocycles. The van der Waals surface area contributed by atoms with Gasteiger partial charge in [-0.05, 0) is 32.4 Å². The van der Waals surface area contributed by atoms with E-state index in [-0.39, 0.29) is 17.4 Å². The maximum Gasteiger partial charge on any atom is 0.315 e. The molecule has 1 atom stereocenters. The summed E-state index contributed by atoms with van der Waals surface area (Å²) >= 11 is 0. The lowest BCUT2D eigenvalue weighted by atomic mass is 9.97. The Balaban J connectivity index is 1.79. The lowest BCUT2D eigenvalue weighted by molar-refractivity contribution is -0.143. The van der Waals surface area contributed by atoms with Crippen LogP contribution in [-0.4, -0.2) is 56.8 Å². The van der Waals surface area contributed by atoms with Crippen LogP contribution in [0, 0.1) is 5.92 Å². The summed E-state index contributed by atoms with van der Waals surface area (Å²) in [4.78, 5) is 35.1. The highest BCUT2D eigenvalue weighted by Gasteiger charge is 2.31. The van der Waals surface area contributed by atoms with Crippen LogP contribution in [0.3, 0.4) is 0 Å². The van der Waals surface area contributed by atoms with Crippen LogP contribution < -0.4 is 16.0 Å². The van der Waals surface area contributed by atoms with Crippen LogP contribution in [0.15, 0.2) is 0 Å². The maximum atomic E-state index is 11.8. The van der Waals surface area contributed by atoms with Crippen LogP contribution in [-0.2, 0) is 24.2 Å². The predicted octanol–water partition coefficient (Wildman–Crippen LogP) is -2.07. The molecule has 2 saturated heterocycles. The zero-order valence-electron chi connectivity index (χ0n) is 11.6. The van der Waals surface area contributed by atoms with Gasteiger partial charge in [-0.25, -0.2) is 8.42 Å². The van der Waals surface area contributed by atoms with E-state index in [0.717, 1.165) is 0 Å². The van der Waals surface area contributed by atoms with Crippen LogP contribution >= 0.6 is 0 Å². The minimum atomic E-state index is -3.13. The first-order valence-electron chi connectivity index (χ1n) is 6.94. The van der Waals surface area contributed by atoms with Gasteiger partial charge >= 0.3 is 11.8 Å². The average molecular weight is 317 g/mol. The number of rotatable bonds is 2. The summed E-state index contributed by atoms with van der Waals surface area (Å²) in [6.07, 6.45) is 1.55. The van der Waals surface area contributed by atoms with Gasteiger partial charge in [0.2, 0.25) is 5.91 Å². The zero-order valence-corrected chi connectivity index (χ0v) is 12.4. The van der Waals surface area contributed by atoms with Crippen LogP contribution in [0.2, 0.25) is 0 Å². The molecule has 2 aliphatic heterocycles. The van der Waals surface area contributed by atoms with Crippen LogP contribution in [0.5, 0.6) is 0 Å². The number of imide groups is 1. The van der Waals surface area contributed by atoms with Crippen molar-refractivity contribution in [2.75, 3.05) is 24.6 Å². The fourth-order valence-electron chi connectivity index (χ4n) is 2.51. The molecule has 8 nitrogen and oxygen atoms in total. The number of sulfone groups is 1. The number of carbonyl (C=O) groups is 3. The van der Waals surface area contributed by atoms with E-state index in [0.29, 0.717) is 32.4 Å². The average Bonchev–Trinajstić information content (AvgIpc) is 2.78. The molecule has 0 spiro atoms. The summed E-state index contributed by atoms with van der Waals surface area (Å²) in [5.74, 6) is -2.85. The summed E-state index contributed by atoms with van der Waals surface area (Å²) < 4.78 is 22.5. The van der Waals surface area contributed by atoms with Crippen molar-refractivity contribution in [2.24, 2.45) is 5.92 Å². The second-order valence-corrected chi connectivity index (χ2v) is 7.64. The topological polar surface area (TPSA) is 121 Å². The van der Waals surface area contributed by atoms with E-state index >= 15 is 0 Å². The van der Waals surface area contributed by atoms with E-state index in [1.165, 1.54) is 0 Å². The molecule has 21 heavy (non-hydrogen) atoms. The molecule has 3 amide bonds. The van der Waals surface area contributed by atoms with E-state index in [2.05, 4.69) is 16.0 Å². The highest BCUT2D eigenvalue weighted by Crippen LogP contribution is 2.12. The number of amides is 3. The van der Waals surface area contributed by atoms with Crippen LogP contribution in [0.25, 0.3) is 0 Å². The van der Waals surface area contributed by atoms with Crippen molar-refractivity contribution in [1.29, 1.82) is 0 Å². The molecule has 1 unspecified atom stereocenters. The van der Waals surface area contributed by atoms with Gasteiger partial charge in [0.25, 0.3) is 0 Å². The van der Waals surface area contributed by atoms with Gasteiger partial charge < -0.3 is 10.6 Å². The fraction of sp³-hybridized carbons (Fsp3) is 0.750. The molecule has 0 bridgehead atoms. The SMILES string of the molecule is O=C(NC(=O)C1CCNCC1)C(=O)NC1CCS(=O)(=O)C1. The summed E-state index contributed by atoms with van der Waals surface area (Å²) in [5.41, 5.74) is 0. The van der Waals surface area contributed by atoms with Gasteiger partial charge in [0.15, 0.2) is 9.84 Å². The van der Waals surface area contributed by atoms with Gasteiger partial charge in [-0.3, -0.25) is 19.7 Å². The molecule has 0 aromatic rings. The van der Waals surface area contributed by atoms with Gasteiger partial charge in [-0.15, -0.1) is 0 Å². The van der Waals surface area contributed by atoms with Crippen LogP contribution in [0.1, 0.15) is 19.3 Å². The maximum absolute atomic E-state index is 11.8. The molecular formula is C12H19N3O5S. The van der Waals surface area contributed by atoms with Crippen molar-refractivity contribution >= 4 is 27.6 Å². The van der Waals surface area contributed by atoms with Crippen molar-refractivity contribution < 1.29 is 22.8 Å². The first kappa shape index (κ1) is 15.9. The second kappa shape index (κ2) is 6.52. The Morgan fingerprint density at radius 1 is 1.00 bits per heavy atom. The first-order valence-corrected chi connectivity index (χ1v) is 8.76. The Labute approximate surface area is 123 Å². The Morgan fingerprint density at radius 2 is 1.67 bits per heavy atom. The Morgan fingerprint density at radius 3 is 2.24 bits per heavy atom. The normalized spacial score (nSPS) is 25.2. The van der Waals surface area contributed by atoms with Gasteiger partial charge in [0.05, 0.1) is 11.5 Å². The van der Waals surface area contributed by atoms with E-state index in [9.17, 15) is 22.8 Å². The molecule has 118 valence electrons. The van der Waals surface area contributed by atoms with E-state index in [4.69, 9.17) is 0 Å². The number of hydrogen-bond acceptors (Lipinski definition) is 6. The molecule has 0 aromatic carbocycles. The molecular weight excluding hydrogens is 298 g/mol. The first-order chi connectivity index (χ1) is 9.87. The molecule has 2 rings (SSSR count). The van der Waals surface area contributed by atoms with Gasteiger partial charge in [0, 0.05) is 12.0 Å². The third kappa shape index (κ3) is 4.50. The molecule has 9 heteroatoms. The standard InChI is InChI=1S/C12H19N3O5S/c16-10(8-1-4-13-5-2-8)15-12(18)11(17)14-9-3-6-21(19,20)7-9/h8-9,13H,1-7H2,(H,14,17)(H,15,16,18). The Bertz CT molecular complexity index is 539.